The Morgan fingerprint density at radius 1 is 1.62 bits per heavy atom. The fourth-order valence-corrected chi connectivity index (χ4v) is 0.925. The van der Waals surface area contributed by atoms with E-state index in [-0.39, 0.29) is 5.78 Å². The number of nitrogens with zero attached hydrogens (tertiary/aromatic N) is 1. The molecule has 3 nitrogen and oxygen atoms in total. The summed E-state index contributed by atoms with van der Waals surface area (Å²) in [6, 6.07) is 9.06. The van der Waals surface area contributed by atoms with Gasteiger partial charge in [0.25, 0.3) is 0 Å². The molecule has 66 valence electrons. The van der Waals surface area contributed by atoms with Crippen LogP contribution in [0.5, 0.6) is 0 Å². The molecule has 1 aromatic rings. The summed E-state index contributed by atoms with van der Waals surface area (Å²) in [5.41, 5.74) is 1.39. The number of anilines is 1. The van der Waals surface area contributed by atoms with Gasteiger partial charge in [-0.05, 0) is 25.1 Å². The van der Waals surface area contributed by atoms with Gasteiger partial charge in [-0.25, -0.2) is 0 Å². The number of rotatable bonds is 3. The molecule has 0 heterocycles. The Morgan fingerprint density at radius 2 is 2.38 bits per heavy atom. The molecule has 0 fully saturated rings. The molecule has 0 saturated carbocycles. The summed E-state index contributed by atoms with van der Waals surface area (Å²) in [6.07, 6.45) is 0. The molecule has 0 aliphatic rings. The molecule has 1 rings (SSSR count). The molecule has 0 radical (unpaired) electrons. The molecule has 0 spiro atoms. The second-order valence-electron chi connectivity index (χ2n) is 2.75. The van der Waals surface area contributed by atoms with Crippen LogP contribution in [0.3, 0.4) is 0 Å². The van der Waals surface area contributed by atoms with E-state index < -0.39 is 0 Å². The van der Waals surface area contributed by atoms with E-state index in [9.17, 15) is 4.79 Å². The highest BCUT2D eigenvalue weighted by Gasteiger charge is 1.95. The zero-order valence-corrected chi connectivity index (χ0v) is 7.37. The van der Waals surface area contributed by atoms with Gasteiger partial charge < -0.3 is 5.32 Å². The summed E-state index contributed by atoms with van der Waals surface area (Å²) in [5.74, 6) is 0.0716. The minimum atomic E-state index is 0.0716. The third kappa shape index (κ3) is 2.96. The van der Waals surface area contributed by atoms with Gasteiger partial charge in [0.2, 0.25) is 0 Å². The smallest absolute Gasteiger partial charge is 0.148 e. The first-order valence-corrected chi connectivity index (χ1v) is 3.96. The average molecular weight is 174 g/mol. The Bertz CT molecular complexity index is 352. The minimum absolute atomic E-state index is 0.0716. The summed E-state index contributed by atoms with van der Waals surface area (Å²) in [5, 5.41) is 11.5. The van der Waals surface area contributed by atoms with Crippen molar-refractivity contribution in [2.75, 3.05) is 11.9 Å². The van der Waals surface area contributed by atoms with Crippen molar-refractivity contribution in [2.24, 2.45) is 0 Å². The van der Waals surface area contributed by atoms with Gasteiger partial charge in [0, 0.05) is 5.69 Å². The monoisotopic (exact) mass is 174 g/mol. The third-order valence-corrected chi connectivity index (χ3v) is 1.53. The van der Waals surface area contributed by atoms with Gasteiger partial charge in [-0.1, -0.05) is 6.07 Å². The second-order valence-corrected chi connectivity index (χ2v) is 2.75. The quantitative estimate of drug-likeness (QED) is 0.756. The highest BCUT2D eigenvalue weighted by atomic mass is 16.1. The SMILES string of the molecule is CC(=O)CNc1cccc(C#N)c1. The number of benzene rings is 1. The number of carbonyl (C=O) groups excluding carboxylic acids is 1. The summed E-state index contributed by atoms with van der Waals surface area (Å²) in [7, 11) is 0. The standard InChI is InChI=1S/C10H10N2O/c1-8(13)7-12-10-4-2-3-9(5-10)6-11/h2-5,12H,7H2,1H3. The Labute approximate surface area is 77.0 Å². The third-order valence-electron chi connectivity index (χ3n) is 1.53. The van der Waals surface area contributed by atoms with E-state index in [1.807, 2.05) is 12.1 Å². The lowest BCUT2D eigenvalue weighted by atomic mass is 10.2. The Kier molecular flexibility index (Phi) is 3.04. The zero-order valence-electron chi connectivity index (χ0n) is 7.37. The van der Waals surface area contributed by atoms with E-state index in [4.69, 9.17) is 5.26 Å². The van der Waals surface area contributed by atoms with E-state index in [0.717, 1.165) is 5.69 Å². The van der Waals surface area contributed by atoms with Crippen LogP contribution in [0.1, 0.15) is 12.5 Å². The number of nitrogens with one attached hydrogen (secondary N) is 1. The number of hydrogen-bond acceptors (Lipinski definition) is 3. The molecule has 0 aliphatic heterocycles. The highest BCUT2D eigenvalue weighted by Crippen LogP contribution is 2.08. The number of Topliss-reactive ketones (excluding diaryl/α,β-unsaturated/α-hetero) is 1. The van der Waals surface area contributed by atoms with Crippen molar-refractivity contribution in [1.29, 1.82) is 5.26 Å². The molecular formula is C10H10N2O. The van der Waals surface area contributed by atoms with Gasteiger partial charge in [-0.15, -0.1) is 0 Å². The maximum absolute atomic E-state index is 10.6. The van der Waals surface area contributed by atoms with Crippen LogP contribution >= 0.6 is 0 Å². The molecule has 1 aromatic carbocycles. The largest absolute Gasteiger partial charge is 0.378 e. The molecule has 13 heavy (non-hydrogen) atoms. The number of ketones is 1. The molecule has 0 aliphatic carbocycles. The topological polar surface area (TPSA) is 52.9 Å². The summed E-state index contributed by atoms with van der Waals surface area (Å²) >= 11 is 0. The lowest BCUT2D eigenvalue weighted by Gasteiger charge is -2.02. The van der Waals surface area contributed by atoms with Gasteiger partial charge in [0.05, 0.1) is 18.2 Å². The predicted octanol–water partition coefficient (Wildman–Crippen LogP) is 1.56. The van der Waals surface area contributed by atoms with Crippen molar-refractivity contribution >= 4 is 11.5 Å². The number of carbonyl (C=O) groups is 1. The first-order valence-electron chi connectivity index (χ1n) is 3.96. The van der Waals surface area contributed by atoms with Crippen LogP contribution < -0.4 is 5.32 Å². The van der Waals surface area contributed by atoms with E-state index >= 15 is 0 Å². The molecule has 0 unspecified atom stereocenters. The first-order chi connectivity index (χ1) is 6.22. The summed E-state index contributed by atoms with van der Waals surface area (Å²) < 4.78 is 0. The van der Waals surface area contributed by atoms with E-state index in [2.05, 4.69) is 5.32 Å². The van der Waals surface area contributed by atoms with Crippen molar-refractivity contribution in [3.63, 3.8) is 0 Å². The van der Waals surface area contributed by atoms with Crippen LogP contribution in [0.2, 0.25) is 0 Å². The van der Waals surface area contributed by atoms with Gasteiger partial charge in [-0.3, -0.25) is 4.79 Å². The lowest BCUT2D eigenvalue weighted by Crippen LogP contribution is -2.09. The fraction of sp³-hybridized carbons (Fsp3) is 0.200. The van der Waals surface area contributed by atoms with Gasteiger partial charge in [-0.2, -0.15) is 5.26 Å². The minimum Gasteiger partial charge on any atom is -0.378 e. The van der Waals surface area contributed by atoms with Gasteiger partial charge >= 0.3 is 0 Å². The van der Waals surface area contributed by atoms with Crippen LogP contribution in [-0.2, 0) is 4.79 Å². The molecule has 3 heteroatoms. The molecule has 0 bridgehead atoms. The summed E-state index contributed by atoms with van der Waals surface area (Å²) in [4.78, 5) is 10.6. The van der Waals surface area contributed by atoms with Crippen LogP contribution in [0, 0.1) is 11.3 Å². The maximum Gasteiger partial charge on any atom is 0.148 e. The van der Waals surface area contributed by atoms with E-state index in [1.165, 1.54) is 6.92 Å². The van der Waals surface area contributed by atoms with Crippen molar-refractivity contribution < 1.29 is 4.79 Å². The van der Waals surface area contributed by atoms with Gasteiger partial charge in [0.15, 0.2) is 0 Å². The Balaban J connectivity index is 2.68. The molecule has 1 N–H and O–H groups in total. The first kappa shape index (κ1) is 9.27. The van der Waals surface area contributed by atoms with Crippen LogP contribution in [0.4, 0.5) is 5.69 Å². The number of hydrogen-bond donors (Lipinski definition) is 1. The van der Waals surface area contributed by atoms with E-state index in [0.29, 0.717) is 12.1 Å². The van der Waals surface area contributed by atoms with Crippen LogP contribution in [0.25, 0.3) is 0 Å². The van der Waals surface area contributed by atoms with Crippen LogP contribution in [-0.4, -0.2) is 12.3 Å². The summed E-state index contributed by atoms with van der Waals surface area (Å²) in [6.45, 7) is 1.82. The zero-order chi connectivity index (χ0) is 9.68. The second kappa shape index (κ2) is 4.27. The van der Waals surface area contributed by atoms with Crippen molar-refractivity contribution in [3.8, 4) is 6.07 Å². The predicted molar refractivity (Wildman–Crippen MR) is 50.3 cm³/mol. The van der Waals surface area contributed by atoms with Crippen LogP contribution in [0.15, 0.2) is 24.3 Å². The molecular weight excluding hydrogens is 164 g/mol. The van der Waals surface area contributed by atoms with Crippen molar-refractivity contribution in [2.45, 2.75) is 6.92 Å². The Hall–Kier alpha value is -1.82. The van der Waals surface area contributed by atoms with Gasteiger partial charge in [0.1, 0.15) is 5.78 Å². The normalized spacial score (nSPS) is 8.92. The van der Waals surface area contributed by atoms with E-state index in [1.54, 1.807) is 18.2 Å². The molecule has 0 amide bonds. The molecule has 0 saturated heterocycles. The molecule has 0 aromatic heterocycles. The lowest BCUT2D eigenvalue weighted by molar-refractivity contribution is -0.115. The fourth-order valence-electron chi connectivity index (χ4n) is 0.925. The Morgan fingerprint density at radius 3 is 3.00 bits per heavy atom. The number of nitriles is 1. The van der Waals surface area contributed by atoms with Crippen molar-refractivity contribution in [3.05, 3.63) is 29.8 Å². The average Bonchev–Trinajstić information content (AvgIpc) is 2.15. The highest BCUT2D eigenvalue weighted by molar-refractivity contribution is 5.80. The maximum atomic E-state index is 10.6. The molecule has 0 atom stereocenters. The van der Waals surface area contributed by atoms with Crippen molar-refractivity contribution in [1.82, 2.24) is 0 Å².